The largest absolute Gasteiger partial charge is 0.489 e. The number of hydrogen-bond acceptors (Lipinski definition) is 4. The van der Waals surface area contributed by atoms with Gasteiger partial charge in [0.15, 0.2) is 5.11 Å². The summed E-state index contributed by atoms with van der Waals surface area (Å²) in [5.41, 5.74) is 2.83. The van der Waals surface area contributed by atoms with Crippen molar-refractivity contribution in [3.8, 4) is 11.4 Å². The molecule has 2 heterocycles. The van der Waals surface area contributed by atoms with Gasteiger partial charge in [-0.2, -0.15) is 13.2 Å². The van der Waals surface area contributed by atoms with E-state index < -0.39 is 23.6 Å². The normalized spacial score (nSPS) is 14.9. The van der Waals surface area contributed by atoms with Crippen molar-refractivity contribution in [2.75, 3.05) is 4.90 Å². The van der Waals surface area contributed by atoms with Gasteiger partial charge in [0.2, 0.25) is 0 Å². The van der Waals surface area contributed by atoms with E-state index in [0.717, 1.165) is 39.7 Å². The van der Waals surface area contributed by atoms with Gasteiger partial charge in [0.1, 0.15) is 17.9 Å². The van der Waals surface area contributed by atoms with Crippen molar-refractivity contribution in [2.45, 2.75) is 26.6 Å². The number of halogens is 3. The molecule has 1 N–H and O–H groups in total. The minimum atomic E-state index is -4.61. The molecule has 1 saturated heterocycles. The Morgan fingerprint density at radius 1 is 0.902 bits per heavy atom. The summed E-state index contributed by atoms with van der Waals surface area (Å²) in [4.78, 5) is 27.1. The van der Waals surface area contributed by atoms with E-state index in [1.165, 1.54) is 18.2 Å². The molecule has 0 saturated carbocycles. The van der Waals surface area contributed by atoms with Gasteiger partial charge in [-0.3, -0.25) is 19.8 Å². The van der Waals surface area contributed by atoms with Gasteiger partial charge >= 0.3 is 6.18 Å². The average Bonchev–Trinajstić information content (AvgIpc) is 3.22. The van der Waals surface area contributed by atoms with Gasteiger partial charge in [0.25, 0.3) is 11.8 Å². The van der Waals surface area contributed by atoms with Gasteiger partial charge in [-0.25, -0.2) is 0 Å². The van der Waals surface area contributed by atoms with E-state index >= 15 is 0 Å². The van der Waals surface area contributed by atoms with Gasteiger partial charge in [-0.1, -0.05) is 36.4 Å². The lowest BCUT2D eigenvalue weighted by molar-refractivity contribution is -0.137. The average molecular weight is 576 g/mol. The van der Waals surface area contributed by atoms with Crippen molar-refractivity contribution < 1.29 is 27.5 Å². The molecule has 0 atom stereocenters. The molecule has 5 rings (SSSR count). The fourth-order valence-electron chi connectivity index (χ4n) is 4.63. The summed E-state index contributed by atoms with van der Waals surface area (Å²) in [5, 5.41) is 2.12. The lowest BCUT2D eigenvalue weighted by atomic mass is 10.1. The minimum Gasteiger partial charge on any atom is -0.489 e. The van der Waals surface area contributed by atoms with Gasteiger partial charge in [-0.05, 0) is 91.8 Å². The molecular formula is C31H24F3N3O3S. The standard InChI is InChI=1S/C31H24F3N3O3S/c1-19-15-22(20(2)36(19)24-11-13-26(14-12-24)40-18-21-7-4-3-5-8-21)16-27-28(38)35-30(41)37(29(27)39)25-10-6-9-23(17-25)31(32,33)34/h3-17H,18H2,1-2H3,(H,35,38,41)/b27-16+. The highest BCUT2D eigenvalue weighted by Crippen LogP contribution is 2.33. The Labute approximate surface area is 239 Å². The molecule has 0 aliphatic carbocycles. The number of nitrogens with one attached hydrogen (secondary N) is 1. The van der Waals surface area contributed by atoms with Gasteiger partial charge in [0, 0.05) is 17.1 Å². The summed E-state index contributed by atoms with van der Waals surface area (Å²) in [6, 6.07) is 23.4. The minimum absolute atomic E-state index is 0.0965. The first-order valence-corrected chi connectivity index (χ1v) is 13.0. The van der Waals surface area contributed by atoms with E-state index in [2.05, 4.69) is 5.32 Å². The van der Waals surface area contributed by atoms with E-state index in [0.29, 0.717) is 17.9 Å². The summed E-state index contributed by atoms with van der Waals surface area (Å²) in [6.07, 6.45) is -3.18. The number of amides is 2. The maximum absolute atomic E-state index is 13.4. The van der Waals surface area contributed by atoms with E-state index in [1.807, 2.05) is 79.1 Å². The Balaban J connectivity index is 1.41. The second kappa shape index (κ2) is 11.1. The number of ether oxygens (including phenoxy) is 1. The molecule has 2 amide bonds. The Kier molecular flexibility index (Phi) is 7.51. The number of nitrogens with zero attached hydrogens (tertiary/aromatic N) is 2. The second-order valence-electron chi connectivity index (χ2n) is 9.44. The van der Waals surface area contributed by atoms with Crippen molar-refractivity contribution in [1.29, 1.82) is 0 Å². The Hall–Kier alpha value is -4.70. The number of alkyl halides is 3. The van der Waals surface area contributed by atoms with Gasteiger partial charge < -0.3 is 9.30 Å². The fraction of sp³-hybridized carbons (Fsp3) is 0.129. The number of aromatic nitrogens is 1. The molecule has 0 unspecified atom stereocenters. The highest BCUT2D eigenvalue weighted by molar-refractivity contribution is 7.80. The summed E-state index contributed by atoms with van der Waals surface area (Å²) >= 11 is 5.14. The third-order valence-electron chi connectivity index (χ3n) is 6.65. The molecule has 10 heteroatoms. The topological polar surface area (TPSA) is 63.6 Å². The Morgan fingerprint density at radius 2 is 1.61 bits per heavy atom. The van der Waals surface area contributed by atoms with Crippen LogP contribution in [-0.2, 0) is 22.4 Å². The maximum Gasteiger partial charge on any atom is 0.416 e. The van der Waals surface area contributed by atoms with Crippen molar-refractivity contribution in [2.24, 2.45) is 0 Å². The van der Waals surface area contributed by atoms with Crippen LogP contribution in [0.3, 0.4) is 0 Å². The Morgan fingerprint density at radius 3 is 2.29 bits per heavy atom. The number of rotatable bonds is 6. The van der Waals surface area contributed by atoms with E-state index in [-0.39, 0.29) is 16.4 Å². The van der Waals surface area contributed by atoms with Crippen LogP contribution in [0, 0.1) is 13.8 Å². The van der Waals surface area contributed by atoms with Crippen molar-refractivity contribution in [3.63, 3.8) is 0 Å². The molecule has 41 heavy (non-hydrogen) atoms. The molecule has 1 aliphatic heterocycles. The highest BCUT2D eigenvalue weighted by Gasteiger charge is 2.37. The van der Waals surface area contributed by atoms with Crippen LogP contribution in [-0.4, -0.2) is 21.5 Å². The highest BCUT2D eigenvalue weighted by atomic mass is 32.1. The fourth-order valence-corrected chi connectivity index (χ4v) is 4.91. The molecule has 0 bridgehead atoms. The van der Waals surface area contributed by atoms with Crippen molar-refractivity contribution in [1.82, 2.24) is 9.88 Å². The quantitative estimate of drug-likeness (QED) is 0.162. The van der Waals surface area contributed by atoms with Crippen LogP contribution < -0.4 is 15.0 Å². The van der Waals surface area contributed by atoms with Crippen LogP contribution in [0.25, 0.3) is 11.8 Å². The summed E-state index contributed by atoms with van der Waals surface area (Å²) in [7, 11) is 0. The Bertz CT molecular complexity index is 1680. The smallest absolute Gasteiger partial charge is 0.416 e. The summed E-state index contributed by atoms with van der Waals surface area (Å²) < 4.78 is 47.7. The first-order chi connectivity index (χ1) is 19.5. The molecule has 1 aromatic heterocycles. The van der Waals surface area contributed by atoms with Gasteiger partial charge in [-0.15, -0.1) is 0 Å². The molecule has 1 aliphatic rings. The third kappa shape index (κ3) is 5.78. The second-order valence-corrected chi connectivity index (χ2v) is 9.82. The van der Waals surface area contributed by atoms with Crippen LogP contribution in [0.15, 0.2) is 90.5 Å². The molecule has 3 aromatic carbocycles. The maximum atomic E-state index is 13.4. The van der Waals surface area contributed by atoms with Crippen molar-refractivity contribution >= 4 is 40.9 Å². The molecule has 4 aromatic rings. The number of carbonyl (C=O) groups excluding carboxylic acids is 2. The van der Waals surface area contributed by atoms with E-state index in [4.69, 9.17) is 17.0 Å². The van der Waals surface area contributed by atoms with Crippen LogP contribution in [0.5, 0.6) is 5.75 Å². The number of aryl methyl sites for hydroxylation is 1. The summed E-state index contributed by atoms with van der Waals surface area (Å²) in [5.74, 6) is -0.840. The lowest BCUT2D eigenvalue weighted by Crippen LogP contribution is -2.54. The SMILES string of the molecule is Cc1cc(/C=C2\C(=O)NC(=S)N(c3cccc(C(F)(F)F)c3)C2=O)c(C)n1-c1ccc(OCc2ccccc2)cc1. The molecule has 6 nitrogen and oxygen atoms in total. The first kappa shape index (κ1) is 27.9. The van der Waals surface area contributed by atoms with Crippen LogP contribution in [0.1, 0.15) is 28.1 Å². The molecule has 1 fully saturated rings. The predicted octanol–water partition coefficient (Wildman–Crippen LogP) is 6.52. The zero-order valence-electron chi connectivity index (χ0n) is 22.0. The molecule has 208 valence electrons. The lowest BCUT2D eigenvalue weighted by Gasteiger charge is -2.29. The number of thiocarbonyl (C=S) groups is 1. The van der Waals surface area contributed by atoms with Gasteiger partial charge in [0.05, 0.1) is 11.3 Å². The van der Waals surface area contributed by atoms with Crippen LogP contribution >= 0.6 is 12.2 Å². The molecule has 0 radical (unpaired) electrons. The first-order valence-electron chi connectivity index (χ1n) is 12.6. The van der Waals surface area contributed by atoms with Crippen LogP contribution in [0.2, 0.25) is 0 Å². The number of carbonyl (C=O) groups is 2. The van der Waals surface area contributed by atoms with E-state index in [1.54, 1.807) is 0 Å². The third-order valence-corrected chi connectivity index (χ3v) is 6.93. The molecule has 0 spiro atoms. The zero-order chi connectivity index (χ0) is 29.3. The monoisotopic (exact) mass is 575 g/mol. The number of hydrogen-bond donors (Lipinski definition) is 1. The van der Waals surface area contributed by atoms with E-state index in [9.17, 15) is 22.8 Å². The predicted molar refractivity (Wildman–Crippen MR) is 154 cm³/mol. The van der Waals surface area contributed by atoms with Crippen molar-refractivity contribution in [3.05, 3.63) is 119 Å². The number of benzene rings is 3. The zero-order valence-corrected chi connectivity index (χ0v) is 22.8. The van der Waals surface area contributed by atoms with Crippen LogP contribution in [0.4, 0.5) is 18.9 Å². The summed E-state index contributed by atoms with van der Waals surface area (Å²) in [6.45, 7) is 4.18. The number of anilines is 1. The molecular weight excluding hydrogens is 551 g/mol.